The van der Waals surface area contributed by atoms with E-state index < -0.39 is 0 Å². The first-order valence-corrected chi connectivity index (χ1v) is 10.4. The maximum atomic E-state index is 14.0. The fourth-order valence-electron chi connectivity index (χ4n) is 4.76. The predicted molar refractivity (Wildman–Crippen MR) is 99.3 cm³/mol. The van der Waals surface area contributed by atoms with Crippen molar-refractivity contribution >= 4 is 11.9 Å². The van der Waals surface area contributed by atoms with Gasteiger partial charge in [-0.05, 0) is 31.2 Å². The topological polar surface area (TPSA) is 47.1 Å². The molecule has 4 aliphatic rings. The summed E-state index contributed by atoms with van der Waals surface area (Å²) in [6.07, 6.45) is 4.36. The van der Waals surface area contributed by atoms with Gasteiger partial charge in [-0.3, -0.25) is 4.90 Å². The number of aromatic nitrogens is 1. The first-order chi connectivity index (χ1) is 13.1. The summed E-state index contributed by atoms with van der Waals surface area (Å²) in [5.41, 5.74) is 0.473. The van der Waals surface area contributed by atoms with Crippen molar-refractivity contribution in [2.24, 2.45) is 5.41 Å². The Balaban J connectivity index is 1.14. The molecule has 0 aliphatic carbocycles. The lowest BCUT2D eigenvalue weighted by atomic mass is 9.76. The number of likely N-dealkylation sites (tertiary alicyclic amines) is 1. The molecule has 6 nitrogen and oxygen atoms in total. The van der Waals surface area contributed by atoms with Crippen LogP contribution in [0.5, 0.6) is 5.88 Å². The number of halogens is 1. The number of hydrogen-bond acceptors (Lipinski definition) is 7. The Morgan fingerprint density at radius 2 is 2.07 bits per heavy atom. The second-order valence-electron chi connectivity index (χ2n) is 8.43. The molecule has 27 heavy (non-hydrogen) atoms. The van der Waals surface area contributed by atoms with Crippen molar-refractivity contribution in [3.05, 3.63) is 18.1 Å². The van der Waals surface area contributed by atoms with Crippen molar-refractivity contribution < 1.29 is 18.6 Å². The highest BCUT2D eigenvalue weighted by atomic mass is 32.2. The smallest absolute Gasteiger partial charge is 0.214 e. The number of nitrogens with zero attached hydrogens (tertiary/aromatic N) is 3. The van der Waals surface area contributed by atoms with Crippen molar-refractivity contribution in [2.45, 2.75) is 35.8 Å². The summed E-state index contributed by atoms with van der Waals surface area (Å²) in [4.78, 5) is 7.05. The van der Waals surface area contributed by atoms with Crippen LogP contribution < -0.4 is 4.74 Å². The molecule has 5 rings (SSSR count). The van der Waals surface area contributed by atoms with Gasteiger partial charge in [0.25, 0.3) is 0 Å². The molecule has 5 heterocycles. The van der Waals surface area contributed by atoms with Crippen molar-refractivity contribution in [2.75, 3.05) is 53.1 Å². The van der Waals surface area contributed by atoms with E-state index in [1.54, 1.807) is 13.2 Å². The lowest BCUT2D eigenvalue weighted by molar-refractivity contribution is -0.197. The quantitative estimate of drug-likeness (QED) is 0.724. The molecule has 4 saturated heterocycles. The van der Waals surface area contributed by atoms with Crippen LogP contribution in [-0.2, 0) is 9.47 Å². The van der Waals surface area contributed by atoms with Crippen molar-refractivity contribution in [1.82, 2.24) is 14.2 Å². The fourth-order valence-corrected chi connectivity index (χ4v) is 5.69. The van der Waals surface area contributed by atoms with Gasteiger partial charge in [-0.2, -0.15) is 0 Å². The van der Waals surface area contributed by atoms with Crippen LogP contribution in [0.25, 0.3) is 0 Å². The molecule has 1 aromatic heterocycles. The Bertz CT molecular complexity index is 701. The van der Waals surface area contributed by atoms with Gasteiger partial charge in [-0.25, -0.2) is 13.7 Å². The molecule has 8 heteroatoms. The van der Waals surface area contributed by atoms with Gasteiger partial charge in [0.1, 0.15) is 0 Å². The number of hydrogen-bond donors (Lipinski definition) is 0. The molecule has 0 amide bonds. The van der Waals surface area contributed by atoms with E-state index in [4.69, 9.17) is 14.2 Å². The highest BCUT2D eigenvalue weighted by Crippen LogP contribution is 2.45. The van der Waals surface area contributed by atoms with Gasteiger partial charge in [0.15, 0.2) is 5.82 Å². The van der Waals surface area contributed by atoms with E-state index in [0.717, 1.165) is 52.2 Å². The molecule has 148 valence electrons. The third kappa shape index (κ3) is 3.35. The van der Waals surface area contributed by atoms with Crippen LogP contribution >= 0.6 is 11.9 Å². The molecule has 0 N–H and O–H groups in total. The second kappa shape index (κ2) is 6.84. The minimum absolute atomic E-state index is 0.00900. The van der Waals surface area contributed by atoms with E-state index >= 15 is 0 Å². The van der Waals surface area contributed by atoms with Gasteiger partial charge in [0, 0.05) is 43.7 Å². The van der Waals surface area contributed by atoms with Gasteiger partial charge in [-0.1, -0.05) is 0 Å². The lowest BCUT2D eigenvalue weighted by Gasteiger charge is -2.57. The zero-order valence-electron chi connectivity index (χ0n) is 15.7. The van der Waals surface area contributed by atoms with Crippen LogP contribution in [-0.4, -0.2) is 78.9 Å². The van der Waals surface area contributed by atoms with Gasteiger partial charge in [0.2, 0.25) is 5.88 Å². The zero-order chi connectivity index (χ0) is 18.5. The molecule has 0 bridgehead atoms. The number of piperidine rings is 1. The standard InChI is InChI=1S/C19H26FN3O3S/c1-24-17-6-16(15(20)8-21-17)27-23-4-2-19(3-5-23)7-14(9-26-19)22-10-18(11-22)12-25-13-18/h6,8,14H,2-5,7,9-13H2,1H3. The van der Waals surface area contributed by atoms with Crippen molar-refractivity contribution in [3.63, 3.8) is 0 Å². The maximum Gasteiger partial charge on any atom is 0.214 e. The largest absolute Gasteiger partial charge is 0.481 e. The van der Waals surface area contributed by atoms with Crippen LogP contribution in [0.2, 0.25) is 0 Å². The number of methoxy groups -OCH3 is 1. The predicted octanol–water partition coefficient (Wildman–Crippen LogP) is 2.19. The monoisotopic (exact) mass is 395 g/mol. The van der Waals surface area contributed by atoms with E-state index in [-0.39, 0.29) is 11.4 Å². The number of ether oxygens (including phenoxy) is 3. The average molecular weight is 396 g/mol. The molecule has 4 aliphatic heterocycles. The SMILES string of the molecule is COc1cc(SN2CCC3(CC2)CC(N2CC4(COC4)C2)CO3)c(F)cn1. The van der Waals surface area contributed by atoms with Crippen LogP contribution in [0.1, 0.15) is 19.3 Å². The summed E-state index contributed by atoms with van der Waals surface area (Å²) in [7, 11) is 1.55. The second-order valence-corrected chi connectivity index (χ2v) is 9.57. The van der Waals surface area contributed by atoms with E-state index in [1.807, 2.05) is 0 Å². The van der Waals surface area contributed by atoms with E-state index in [9.17, 15) is 4.39 Å². The number of rotatable bonds is 4. The summed E-state index contributed by atoms with van der Waals surface area (Å²) in [6, 6.07) is 2.22. The van der Waals surface area contributed by atoms with Crippen LogP contribution in [0.15, 0.2) is 17.2 Å². The normalized spacial score (nSPS) is 29.6. The highest BCUT2D eigenvalue weighted by molar-refractivity contribution is 7.97. The molecule has 1 aromatic rings. The molecule has 1 unspecified atom stereocenters. The van der Waals surface area contributed by atoms with Crippen LogP contribution in [0.3, 0.4) is 0 Å². The van der Waals surface area contributed by atoms with Crippen molar-refractivity contribution in [3.8, 4) is 5.88 Å². The number of pyridine rings is 1. The molecule has 0 saturated carbocycles. The Hall–Kier alpha value is -0.930. The third-order valence-electron chi connectivity index (χ3n) is 6.46. The molecule has 1 atom stereocenters. The minimum atomic E-state index is -0.301. The molecule has 0 radical (unpaired) electrons. The zero-order valence-corrected chi connectivity index (χ0v) is 16.5. The fraction of sp³-hybridized carbons (Fsp3) is 0.737. The van der Waals surface area contributed by atoms with Gasteiger partial charge in [0.05, 0.1) is 43.6 Å². The van der Waals surface area contributed by atoms with Crippen molar-refractivity contribution in [1.29, 1.82) is 0 Å². The first-order valence-electron chi connectivity index (χ1n) is 9.67. The Morgan fingerprint density at radius 1 is 1.30 bits per heavy atom. The summed E-state index contributed by atoms with van der Waals surface area (Å²) >= 11 is 1.45. The summed E-state index contributed by atoms with van der Waals surface area (Å²) < 4.78 is 33.1. The van der Waals surface area contributed by atoms with Gasteiger partial charge >= 0.3 is 0 Å². The van der Waals surface area contributed by atoms with E-state index in [1.165, 1.54) is 31.2 Å². The van der Waals surface area contributed by atoms with Crippen LogP contribution in [0, 0.1) is 11.2 Å². The highest BCUT2D eigenvalue weighted by Gasteiger charge is 2.54. The summed E-state index contributed by atoms with van der Waals surface area (Å²) in [5.74, 6) is 0.142. The van der Waals surface area contributed by atoms with Gasteiger partial charge in [-0.15, -0.1) is 0 Å². The van der Waals surface area contributed by atoms with Crippen LogP contribution in [0.4, 0.5) is 4.39 Å². The first kappa shape index (κ1) is 18.1. The average Bonchev–Trinajstić information content (AvgIpc) is 3.00. The minimum Gasteiger partial charge on any atom is -0.481 e. The molecular weight excluding hydrogens is 369 g/mol. The Morgan fingerprint density at radius 3 is 2.74 bits per heavy atom. The molecule has 4 fully saturated rings. The van der Waals surface area contributed by atoms with E-state index in [0.29, 0.717) is 22.2 Å². The lowest BCUT2D eigenvalue weighted by Crippen LogP contribution is -2.68. The Labute approximate surface area is 163 Å². The molecular formula is C19H26FN3O3S. The Kier molecular flexibility index (Phi) is 4.59. The molecule has 2 spiro atoms. The summed E-state index contributed by atoms with van der Waals surface area (Å²) in [5, 5.41) is 0. The van der Waals surface area contributed by atoms with E-state index in [2.05, 4.69) is 14.2 Å². The van der Waals surface area contributed by atoms with Gasteiger partial charge < -0.3 is 14.2 Å². The third-order valence-corrected chi connectivity index (χ3v) is 7.60. The summed E-state index contributed by atoms with van der Waals surface area (Å²) in [6.45, 7) is 6.86. The maximum absolute atomic E-state index is 14.0. The molecule has 0 aromatic carbocycles.